The van der Waals surface area contributed by atoms with Crippen LogP contribution in [-0.4, -0.2) is 24.9 Å². The van der Waals surface area contributed by atoms with Gasteiger partial charge in [-0.1, -0.05) is 60.7 Å². The highest BCUT2D eigenvalue weighted by Crippen LogP contribution is 2.44. The van der Waals surface area contributed by atoms with Crippen LogP contribution in [0.4, 0.5) is 17.1 Å². The van der Waals surface area contributed by atoms with Gasteiger partial charge in [0.2, 0.25) is 0 Å². The lowest BCUT2D eigenvalue weighted by Crippen LogP contribution is -2.09. The number of hydrogen-bond donors (Lipinski definition) is 0. The summed E-state index contributed by atoms with van der Waals surface area (Å²) in [5.74, 6) is 0. The second-order valence-corrected chi connectivity index (χ2v) is 17.4. The standard InChI is InChI=1S/C47H26N6S4/c1-2-27-3-4-33(20-37(27)48-17-1)30-5-6-32-19-36(16-11-31(32)18-30)53(34-12-7-28(8-13-34)42-44-40(54-25-51-44)21-38-46(42)56-23-49-38)35-14-9-29(10-15-35)43-45-41(55-26-52-45)22-39-47(43)57-24-50-39/h1-26H. The van der Waals surface area contributed by atoms with Gasteiger partial charge in [-0.25, -0.2) is 19.9 Å². The molecule has 5 heterocycles. The number of hydrogen-bond acceptors (Lipinski definition) is 10. The van der Waals surface area contributed by atoms with Crippen LogP contribution in [0.5, 0.6) is 0 Å². The van der Waals surface area contributed by atoms with Crippen molar-refractivity contribution in [3.63, 3.8) is 0 Å². The zero-order valence-corrected chi connectivity index (χ0v) is 33.1. The van der Waals surface area contributed by atoms with E-state index in [1.165, 1.54) is 16.3 Å². The molecule has 0 amide bonds. The SMILES string of the molecule is c1cnc2cc(-c3ccc4cc(N(c5ccc(-c6c7ncsc7cc7ncsc67)cc5)c5ccc(-c6c7ncsc7cc7ncsc67)cc5)ccc4c3)ccc2c1. The summed E-state index contributed by atoms with van der Waals surface area (Å²) in [6.07, 6.45) is 1.85. The fraction of sp³-hybridized carbons (Fsp3) is 0. The van der Waals surface area contributed by atoms with Crippen molar-refractivity contribution in [2.75, 3.05) is 4.90 Å². The molecule has 12 aromatic rings. The molecule has 10 heteroatoms. The lowest BCUT2D eigenvalue weighted by Gasteiger charge is -2.26. The van der Waals surface area contributed by atoms with Gasteiger partial charge >= 0.3 is 0 Å². The van der Waals surface area contributed by atoms with Crippen molar-refractivity contribution in [3.8, 4) is 33.4 Å². The first-order valence-electron chi connectivity index (χ1n) is 18.3. The predicted octanol–water partition coefficient (Wildman–Crippen LogP) is 14.3. The number of benzene rings is 7. The first-order chi connectivity index (χ1) is 28.2. The van der Waals surface area contributed by atoms with Crippen LogP contribution < -0.4 is 4.90 Å². The van der Waals surface area contributed by atoms with Crippen molar-refractivity contribution < 1.29 is 0 Å². The van der Waals surface area contributed by atoms with E-state index in [0.717, 1.165) is 96.6 Å². The van der Waals surface area contributed by atoms with E-state index in [0.29, 0.717) is 0 Å². The number of anilines is 3. The van der Waals surface area contributed by atoms with Crippen LogP contribution in [0.15, 0.2) is 156 Å². The number of rotatable bonds is 6. The molecule has 0 spiro atoms. The maximum absolute atomic E-state index is 4.79. The van der Waals surface area contributed by atoms with Crippen molar-refractivity contribution >= 4 is 125 Å². The minimum atomic E-state index is 0.998. The topological polar surface area (TPSA) is 67.7 Å². The first-order valence-corrected chi connectivity index (χ1v) is 21.8. The molecular weight excluding hydrogens is 777 g/mol. The zero-order valence-electron chi connectivity index (χ0n) is 29.8. The summed E-state index contributed by atoms with van der Waals surface area (Å²) in [6, 6.07) is 46.1. The van der Waals surface area contributed by atoms with Crippen LogP contribution in [0, 0.1) is 0 Å². The molecule has 268 valence electrons. The largest absolute Gasteiger partial charge is 0.310 e. The van der Waals surface area contributed by atoms with Crippen molar-refractivity contribution in [1.29, 1.82) is 0 Å². The first kappa shape index (κ1) is 32.8. The minimum absolute atomic E-state index is 0.998. The van der Waals surface area contributed by atoms with E-state index in [-0.39, 0.29) is 0 Å². The summed E-state index contributed by atoms with van der Waals surface area (Å²) >= 11 is 6.64. The number of nitrogens with zero attached hydrogens (tertiary/aromatic N) is 6. The van der Waals surface area contributed by atoms with Gasteiger partial charge in [-0.15, -0.1) is 45.3 Å². The Bertz CT molecular complexity index is 3240. The Hall–Kier alpha value is -6.43. The fourth-order valence-electron chi connectivity index (χ4n) is 7.98. The van der Waals surface area contributed by atoms with Gasteiger partial charge in [0, 0.05) is 39.8 Å². The summed E-state index contributed by atoms with van der Waals surface area (Å²) < 4.78 is 4.62. The van der Waals surface area contributed by atoms with Gasteiger partial charge in [0.1, 0.15) is 0 Å². The molecule has 0 aliphatic rings. The van der Waals surface area contributed by atoms with Crippen LogP contribution in [0.1, 0.15) is 0 Å². The fourth-order valence-corrected chi connectivity index (χ4v) is 11.1. The Kier molecular flexibility index (Phi) is 7.52. The Morgan fingerprint density at radius 1 is 0.368 bits per heavy atom. The van der Waals surface area contributed by atoms with E-state index >= 15 is 0 Å². The van der Waals surface area contributed by atoms with Gasteiger partial charge in [-0.05, 0) is 99.8 Å². The Morgan fingerprint density at radius 2 is 0.877 bits per heavy atom. The maximum atomic E-state index is 4.79. The zero-order chi connectivity index (χ0) is 37.5. The van der Waals surface area contributed by atoms with Crippen molar-refractivity contribution in [2.45, 2.75) is 0 Å². The lowest BCUT2D eigenvalue weighted by atomic mass is 9.99. The predicted molar refractivity (Wildman–Crippen MR) is 243 cm³/mol. The molecule has 5 aromatic heterocycles. The summed E-state index contributed by atoms with van der Waals surface area (Å²) in [4.78, 5) is 25.8. The van der Waals surface area contributed by atoms with Crippen LogP contribution in [0.2, 0.25) is 0 Å². The maximum Gasteiger partial charge on any atom is 0.0906 e. The van der Waals surface area contributed by atoms with Crippen LogP contribution >= 0.6 is 45.3 Å². The number of thiazole rings is 4. The summed E-state index contributed by atoms with van der Waals surface area (Å²) in [5, 5.41) is 3.48. The van der Waals surface area contributed by atoms with Crippen molar-refractivity contribution in [1.82, 2.24) is 24.9 Å². The minimum Gasteiger partial charge on any atom is -0.310 e. The normalized spacial score (nSPS) is 11.9. The molecule has 0 fully saturated rings. The molecule has 0 atom stereocenters. The molecule has 0 aliphatic carbocycles. The van der Waals surface area contributed by atoms with E-state index < -0.39 is 0 Å². The molecular formula is C47H26N6S4. The Balaban J connectivity index is 0.977. The highest BCUT2D eigenvalue weighted by atomic mass is 32.1. The summed E-state index contributed by atoms with van der Waals surface area (Å²) in [6.45, 7) is 0. The van der Waals surface area contributed by atoms with E-state index in [1.807, 2.05) is 34.3 Å². The quantitative estimate of drug-likeness (QED) is 0.167. The number of fused-ring (bicyclic) bond motifs is 6. The third-order valence-corrected chi connectivity index (χ3v) is 14.0. The van der Waals surface area contributed by atoms with Gasteiger partial charge < -0.3 is 4.90 Å². The van der Waals surface area contributed by atoms with Crippen molar-refractivity contribution in [2.24, 2.45) is 0 Å². The Morgan fingerprint density at radius 3 is 1.51 bits per heavy atom. The van der Waals surface area contributed by atoms with Gasteiger partial charge in [0.15, 0.2) is 0 Å². The molecule has 0 aliphatic heterocycles. The van der Waals surface area contributed by atoms with E-state index in [4.69, 9.17) is 9.97 Å². The van der Waals surface area contributed by atoms with Gasteiger partial charge in [0.25, 0.3) is 0 Å². The van der Waals surface area contributed by atoms with Gasteiger partial charge in [0.05, 0.1) is 68.4 Å². The van der Waals surface area contributed by atoms with Crippen LogP contribution in [0.3, 0.4) is 0 Å². The second-order valence-electron chi connectivity index (χ2n) is 13.9. The van der Waals surface area contributed by atoms with Crippen LogP contribution in [-0.2, 0) is 0 Å². The van der Waals surface area contributed by atoms with E-state index in [9.17, 15) is 0 Å². The highest BCUT2D eigenvalue weighted by Gasteiger charge is 2.19. The molecule has 0 saturated heterocycles. The van der Waals surface area contributed by atoms with Crippen LogP contribution in [0.25, 0.3) is 95.9 Å². The molecule has 0 radical (unpaired) electrons. The monoisotopic (exact) mass is 802 g/mol. The molecule has 57 heavy (non-hydrogen) atoms. The molecule has 12 rings (SSSR count). The molecule has 6 nitrogen and oxygen atoms in total. The molecule has 0 bridgehead atoms. The Labute approximate surface area is 341 Å². The molecule has 0 N–H and O–H groups in total. The third kappa shape index (κ3) is 5.44. The second kappa shape index (κ2) is 13.1. The summed E-state index contributed by atoms with van der Waals surface area (Å²) in [5.41, 5.74) is 22.8. The molecule has 7 aromatic carbocycles. The average Bonchev–Trinajstić information content (AvgIpc) is 4.11. The van der Waals surface area contributed by atoms with Gasteiger partial charge in [-0.2, -0.15) is 0 Å². The third-order valence-electron chi connectivity index (χ3n) is 10.7. The van der Waals surface area contributed by atoms with Crippen molar-refractivity contribution in [3.05, 3.63) is 156 Å². The highest BCUT2D eigenvalue weighted by molar-refractivity contribution is 7.19. The van der Waals surface area contributed by atoms with Gasteiger partial charge in [-0.3, -0.25) is 4.98 Å². The summed E-state index contributed by atoms with van der Waals surface area (Å²) in [7, 11) is 0. The molecule has 0 unspecified atom stereocenters. The lowest BCUT2D eigenvalue weighted by molar-refractivity contribution is 1.29. The van der Waals surface area contributed by atoms with E-state index in [2.05, 4.69) is 141 Å². The average molecular weight is 803 g/mol. The number of aromatic nitrogens is 5. The van der Waals surface area contributed by atoms with E-state index in [1.54, 1.807) is 45.3 Å². The number of pyridine rings is 1. The smallest absolute Gasteiger partial charge is 0.0906 e. The molecule has 0 saturated carbocycles.